The van der Waals surface area contributed by atoms with Gasteiger partial charge in [0.1, 0.15) is 5.75 Å². The van der Waals surface area contributed by atoms with Crippen LogP contribution in [-0.4, -0.2) is 26.6 Å². The van der Waals surface area contributed by atoms with Crippen molar-refractivity contribution in [1.82, 2.24) is 14.9 Å². The third-order valence-electron chi connectivity index (χ3n) is 2.71. The highest BCUT2D eigenvalue weighted by Crippen LogP contribution is 2.23. The van der Waals surface area contributed by atoms with Crippen molar-refractivity contribution in [2.75, 3.05) is 17.3 Å². The Morgan fingerprint density at radius 1 is 1.38 bits per heavy atom. The van der Waals surface area contributed by atoms with Gasteiger partial charge in [-0.3, -0.25) is 10.5 Å². The number of aromatic amines is 1. The second kappa shape index (κ2) is 7.19. The van der Waals surface area contributed by atoms with Crippen LogP contribution in [0.4, 0.5) is 5.69 Å². The maximum atomic E-state index is 5.55. The number of rotatable bonds is 5. The van der Waals surface area contributed by atoms with Crippen LogP contribution in [0.2, 0.25) is 0 Å². The summed E-state index contributed by atoms with van der Waals surface area (Å²) < 4.78 is 7.66. The van der Waals surface area contributed by atoms with Crippen molar-refractivity contribution in [2.24, 2.45) is 0 Å². The second-order valence-electron chi connectivity index (χ2n) is 4.13. The van der Waals surface area contributed by atoms with E-state index in [1.807, 2.05) is 38.1 Å². The van der Waals surface area contributed by atoms with E-state index in [0.717, 1.165) is 23.7 Å². The number of nitrogens with one attached hydrogen (secondary N) is 3. The highest BCUT2D eigenvalue weighted by molar-refractivity contribution is 7.80. The van der Waals surface area contributed by atoms with E-state index < -0.39 is 0 Å². The highest BCUT2D eigenvalue weighted by atomic mass is 32.1. The number of aryl methyl sites for hydroxylation is 1. The van der Waals surface area contributed by atoms with Crippen LogP contribution in [0.3, 0.4) is 0 Å². The summed E-state index contributed by atoms with van der Waals surface area (Å²) >= 11 is 10.5. The topological polar surface area (TPSA) is 66.9 Å². The number of hydrogen-bond donors (Lipinski definition) is 3. The highest BCUT2D eigenvalue weighted by Gasteiger charge is 2.08. The van der Waals surface area contributed by atoms with Gasteiger partial charge in [-0.1, -0.05) is 19.1 Å². The van der Waals surface area contributed by atoms with E-state index in [1.54, 1.807) is 4.68 Å². The van der Waals surface area contributed by atoms with Gasteiger partial charge >= 0.3 is 0 Å². The van der Waals surface area contributed by atoms with E-state index in [2.05, 4.69) is 20.9 Å². The number of anilines is 1. The van der Waals surface area contributed by atoms with Crippen LogP contribution < -0.4 is 15.5 Å². The van der Waals surface area contributed by atoms with Crippen molar-refractivity contribution in [2.45, 2.75) is 20.3 Å². The van der Waals surface area contributed by atoms with Gasteiger partial charge in [-0.2, -0.15) is 5.10 Å². The van der Waals surface area contributed by atoms with Gasteiger partial charge in [0.05, 0.1) is 12.3 Å². The molecule has 6 nitrogen and oxygen atoms in total. The molecule has 0 saturated carbocycles. The van der Waals surface area contributed by atoms with E-state index in [-0.39, 0.29) is 0 Å². The van der Waals surface area contributed by atoms with Crippen molar-refractivity contribution in [1.29, 1.82) is 0 Å². The number of hydrogen-bond acceptors (Lipinski definition) is 4. The lowest BCUT2D eigenvalue weighted by Crippen LogP contribution is -2.29. The Morgan fingerprint density at radius 3 is 2.86 bits per heavy atom. The summed E-state index contributed by atoms with van der Waals surface area (Å²) in [6, 6.07) is 7.60. The molecule has 21 heavy (non-hydrogen) atoms. The average molecular weight is 323 g/mol. The number of para-hydroxylation sites is 2. The zero-order chi connectivity index (χ0) is 15.2. The molecule has 0 unspecified atom stereocenters. The molecule has 2 aromatic rings. The van der Waals surface area contributed by atoms with Crippen molar-refractivity contribution in [3.05, 3.63) is 34.9 Å². The second-order valence-corrected chi connectivity index (χ2v) is 4.92. The van der Waals surface area contributed by atoms with Crippen LogP contribution in [0, 0.1) is 4.77 Å². The molecule has 1 aromatic heterocycles. The van der Waals surface area contributed by atoms with Gasteiger partial charge in [0.2, 0.25) is 4.77 Å². The van der Waals surface area contributed by atoms with Crippen LogP contribution in [0.15, 0.2) is 24.3 Å². The van der Waals surface area contributed by atoms with Gasteiger partial charge < -0.3 is 10.1 Å². The lowest BCUT2D eigenvalue weighted by Gasteiger charge is -2.15. The standard InChI is InChI=1S/C13H17N5OS2/c1-3-11-15-16-13(21)18(11)17-12(20)14-9-7-5-6-8-10(9)19-4-2/h5-8H,3-4H2,1-2H3,(H,16,21)(H2,14,17,20). The first-order valence-corrected chi connectivity index (χ1v) is 7.43. The van der Waals surface area contributed by atoms with Crippen molar-refractivity contribution in [3.8, 4) is 5.75 Å². The first kappa shape index (κ1) is 15.5. The Morgan fingerprint density at radius 2 is 2.14 bits per heavy atom. The first-order valence-electron chi connectivity index (χ1n) is 6.61. The smallest absolute Gasteiger partial charge is 0.214 e. The molecule has 0 atom stereocenters. The van der Waals surface area contributed by atoms with Gasteiger partial charge in [0.15, 0.2) is 10.9 Å². The molecule has 1 aromatic carbocycles. The Balaban J connectivity index is 2.12. The number of aromatic nitrogens is 3. The number of H-pyrrole nitrogens is 1. The van der Waals surface area contributed by atoms with Crippen LogP contribution in [0.1, 0.15) is 19.7 Å². The lowest BCUT2D eigenvalue weighted by atomic mass is 10.3. The first-order chi connectivity index (χ1) is 10.2. The lowest BCUT2D eigenvalue weighted by molar-refractivity contribution is 0.342. The summed E-state index contributed by atoms with van der Waals surface area (Å²) in [5, 5.41) is 10.4. The summed E-state index contributed by atoms with van der Waals surface area (Å²) in [4.78, 5) is 0. The molecule has 0 aliphatic rings. The minimum absolute atomic E-state index is 0.411. The normalized spacial score (nSPS) is 10.2. The van der Waals surface area contributed by atoms with E-state index in [4.69, 9.17) is 29.2 Å². The van der Waals surface area contributed by atoms with E-state index in [1.165, 1.54) is 0 Å². The summed E-state index contributed by atoms with van der Waals surface area (Å²) in [5.74, 6) is 1.53. The zero-order valence-electron chi connectivity index (χ0n) is 11.8. The number of ether oxygens (including phenoxy) is 1. The fourth-order valence-electron chi connectivity index (χ4n) is 1.79. The van der Waals surface area contributed by atoms with Crippen molar-refractivity contribution < 1.29 is 4.74 Å². The molecule has 8 heteroatoms. The molecule has 112 valence electrons. The minimum atomic E-state index is 0.411. The quantitative estimate of drug-likeness (QED) is 0.735. The fourth-order valence-corrected chi connectivity index (χ4v) is 2.18. The third-order valence-corrected chi connectivity index (χ3v) is 3.17. The molecule has 0 fully saturated rings. The Hall–Kier alpha value is -1.93. The molecular weight excluding hydrogens is 306 g/mol. The summed E-state index contributed by atoms with van der Waals surface area (Å²) in [6.07, 6.45) is 0.734. The van der Waals surface area contributed by atoms with E-state index in [0.29, 0.717) is 16.5 Å². The van der Waals surface area contributed by atoms with Crippen LogP contribution in [0.5, 0.6) is 5.75 Å². The summed E-state index contributed by atoms with van der Waals surface area (Å²) in [5.41, 5.74) is 3.81. The van der Waals surface area contributed by atoms with Crippen molar-refractivity contribution in [3.63, 3.8) is 0 Å². The molecule has 3 N–H and O–H groups in total. The van der Waals surface area contributed by atoms with Crippen LogP contribution in [0.25, 0.3) is 0 Å². The van der Waals surface area contributed by atoms with Gasteiger partial charge in [-0.15, -0.1) is 0 Å². The molecular formula is C13H17N5OS2. The molecule has 0 bridgehead atoms. The van der Waals surface area contributed by atoms with Crippen molar-refractivity contribution >= 4 is 35.2 Å². The summed E-state index contributed by atoms with van der Waals surface area (Å²) in [7, 11) is 0. The van der Waals surface area contributed by atoms with Gasteiger partial charge in [0, 0.05) is 6.42 Å². The van der Waals surface area contributed by atoms with Gasteiger partial charge in [0.25, 0.3) is 0 Å². The molecule has 0 aliphatic carbocycles. The molecule has 0 saturated heterocycles. The Kier molecular flexibility index (Phi) is 5.29. The Labute approximate surface area is 133 Å². The third kappa shape index (κ3) is 3.79. The maximum absolute atomic E-state index is 5.55. The van der Waals surface area contributed by atoms with Crippen LogP contribution in [-0.2, 0) is 6.42 Å². The fraction of sp³-hybridized carbons (Fsp3) is 0.308. The molecule has 2 rings (SSSR count). The summed E-state index contributed by atoms with van der Waals surface area (Å²) in [6.45, 7) is 4.52. The average Bonchev–Trinajstić information content (AvgIpc) is 2.82. The monoisotopic (exact) mass is 323 g/mol. The molecule has 0 aliphatic heterocycles. The van der Waals surface area contributed by atoms with Gasteiger partial charge in [-0.25, -0.2) is 4.68 Å². The predicted octanol–water partition coefficient (Wildman–Crippen LogP) is 2.84. The Bertz CT molecular complexity index is 679. The minimum Gasteiger partial charge on any atom is -0.492 e. The molecule has 0 radical (unpaired) electrons. The largest absolute Gasteiger partial charge is 0.492 e. The van der Waals surface area contributed by atoms with Crippen LogP contribution >= 0.6 is 24.4 Å². The van der Waals surface area contributed by atoms with Gasteiger partial charge in [-0.05, 0) is 43.5 Å². The maximum Gasteiger partial charge on any atom is 0.214 e. The number of nitrogens with zero attached hydrogens (tertiary/aromatic N) is 2. The number of thiocarbonyl (C=S) groups is 1. The SMILES string of the molecule is CCOc1ccccc1NC(=S)Nn1c(CC)n[nH]c1=S. The predicted molar refractivity (Wildman–Crippen MR) is 90.0 cm³/mol. The van der Waals surface area contributed by atoms with E-state index >= 15 is 0 Å². The molecule has 0 spiro atoms. The van der Waals surface area contributed by atoms with E-state index in [9.17, 15) is 0 Å². The molecule has 1 heterocycles. The zero-order valence-corrected chi connectivity index (χ0v) is 13.5. The number of benzene rings is 1. The molecule has 0 amide bonds.